The molecule has 0 fully saturated rings. The van der Waals surface area contributed by atoms with Crippen molar-refractivity contribution >= 4 is 28.2 Å². The zero-order valence-corrected chi connectivity index (χ0v) is 10.3. The zero-order valence-electron chi connectivity index (χ0n) is 9.50. The van der Waals surface area contributed by atoms with Gasteiger partial charge in [-0.05, 0) is 24.1 Å². The maximum Gasteiger partial charge on any atom is 0.0934 e. The van der Waals surface area contributed by atoms with Crippen molar-refractivity contribution in [3.8, 4) is 0 Å². The van der Waals surface area contributed by atoms with Crippen LogP contribution in [0.2, 0.25) is 5.02 Å². The Morgan fingerprint density at radius 1 is 1.38 bits per heavy atom. The van der Waals surface area contributed by atoms with Gasteiger partial charge in [-0.1, -0.05) is 31.5 Å². The third-order valence-electron chi connectivity index (χ3n) is 2.37. The fourth-order valence-electron chi connectivity index (χ4n) is 1.60. The summed E-state index contributed by atoms with van der Waals surface area (Å²) >= 11 is 6.07. The van der Waals surface area contributed by atoms with Crippen LogP contribution in [0.25, 0.3) is 10.9 Å². The first-order valence-electron chi connectivity index (χ1n) is 5.45. The van der Waals surface area contributed by atoms with Gasteiger partial charge in [0.15, 0.2) is 0 Å². The lowest BCUT2D eigenvalue weighted by molar-refractivity contribution is 0.689. The Balaban J connectivity index is 2.42. The highest BCUT2D eigenvalue weighted by molar-refractivity contribution is 6.31. The van der Waals surface area contributed by atoms with Gasteiger partial charge in [0.25, 0.3) is 0 Å². The number of hydrogen-bond donors (Lipinski definition) is 1. The van der Waals surface area contributed by atoms with Crippen molar-refractivity contribution in [1.29, 1.82) is 0 Å². The lowest BCUT2D eigenvalue weighted by atomic mass is 10.1. The molecule has 0 radical (unpaired) electrons. The van der Waals surface area contributed by atoms with E-state index in [0.717, 1.165) is 28.2 Å². The lowest BCUT2D eigenvalue weighted by Gasteiger charge is -2.11. The smallest absolute Gasteiger partial charge is 0.0934 e. The van der Waals surface area contributed by atoms with E-state index in [2.05, 4.69) is 24.1 Å². The molecule has 2 aromatic rings. The van der Waals surface area contributed by atoms with Gasteiger partial charge in [0.1, 0.15) is 0 Å². The largest absolute Gasteiger partial charge is 0.383 e. The summed E-state index contributed by atoms with van der Waals surface area (Å²) in [5.74, 6) is 0.595. The summed E-state index contributed by atoms with van der Waals surface area (Å²) in [6.45, 7) is 5.27. The Morgan fingerprint density at radius 3 is 2.94 bits per heavy atom. The molecule has 1 aromatic carbocycles. The molecule has 0 bridgehead atoms. The number of anilines is 1. The standard InChI is InChI=1S/C13H15ClN2/c1-9(2)8-16-12-7-11(14)6-10-4-3-5-15-13(10)12/h3-7,9,16H,8H2,1-2H3. The molecule has 1 aromatic heterocycles. The molecule has 0 saturated carbocycles. The molecule has 16 heavy (non-hydrogen) atoms. The van der Waals surface area contributed by atoms with Crippen molar-refractivity contribution < 1.29 is 0 Å². The van der Waals surface area contributed by atoms with Crippen molar-refractivity contribution in [2.75, 3.05) is 11.9 Å². The first kappa shape index (κ1) is 11.2. The van der Waals surface area contributed by atoms with Crippen molar-refractivity contribution in [2.45, 2.75) is 13.8 Å². The molecule has 0 spiro atoms. The highest BCUT2D eigenvalue weighted by Gasteiger charge is 2.04. The van der Waals surface area contributed by atoms with E-state index in [-0.39, 0.29) is 0 Å². The molecule has 2 nitrogen and oxygen atoms in total. The van der Waals surface area contributed by atoms with Crippen LogP contribution in [0.3, 0.4) is 0 Å². The Morgan fingerprint density at radius 2 is 2.19 bits per heavy atom. The van der Waals surface area contributed by atoms with E-state index in [1.807, 2.05) is 24.3 Å². The molecule has 0 saturated heterocycles. The highest BCUT2D eigenvalue weighted by atomic mass is 35.5. The van der Waals surface area contributed by atoms with E-state index >= 15 is 0 Å². The van der Waals surface area contributed by atoms with E-state index < -0.39 is 0 Å². The number of nitrogens with zero attached hydrogens (tertiary/aromatic N) is 1. The normalized spacial score (nSPS) is 11.0. The van der Waals surface area contributed by atoms with Gasteiger partial charge in [0.2, 0.25) is 0 Å². The zero-order chi connectivity index (χ0) is 11.5. The molecule has 1 N–H and O–H groups in total. The molecule has 84 valence electrons. The molecule has 0 amide bonds. The summed E-state index contributed by atoms with van der Waals surface area (Å²) in [5, 5.41) is 5.19. The minimum atomic E-state index is 0.595. The van der Waals surface area contributed by atoms with Gasteiger partial charge < -0.3 is 5.32 Å². The van der Waals surface area contributed by atoms with E-state index in [0.29, 0.717) is 5.92 Å². The third kappa shape index (κ3) is 2.45. The van der Waals surface area contributed by atoms with E-state index in [9.17, 15) is 0 Å². The monoisotopic (exact) mass is 234 g/mol. The van der Waals surface area contributed by atoms with Crippen LogP contribution in [0.15, 0.2) is 30.5 Å². The predicted octanol–water partition coefficient (Wildman–Crippen LogP) is 3.96. The summed E-state index contributed by atoms with van der Waals surface area (Å²) < 4.78 is 0. The highest BCUT2D eigenvalue weighted by Crippen LogP contribution is 2.26. The average Bonchev–Trinajstić information content (AvgIpc) is 2.25. The van der Waals surface area contributed by atoms with Crippen LogP contribution in [-0.2, 0) is 0 Å². The van der Waals surface area contributed by atoms with Gasteiger partial charge in [-0.15, -0.1) is 0 Å². The molecule has 0 aliphatic heterocycles. The second-order valence-electron chi connectivity index (χ2n) is 4.30. The van der Waals surface area contributed by atoms with Gasteiger partial charge in [0, 0.05) is 23.2 Å². The molecule has 3 heteroatoms. The van der Waals surface area contributed by atoms with Crippen molar-refractivity contribution in [2.24, 2.45) is 5.92 Å². The van der Waals surface area contributed by atoms with Crippen molar-refractivity contribution in [3.05, 3.63) is 35.5 Å². The molecule has 1 heterocycles. The van der Waals surface area contributed by atoms with E-state index in [1.165, 1.54) is 0 Å². The molecule has 0 unspecified atom stereocenters. The second kappa shape index (κ2) is 4.71. The number of pyridine rings is 1. The summed E-state index contributed by atoms with van der Waals surface area (Å²) in [6, 6.07) is 7.81. The fourth-order valence-corrected chi connectivity index (χ4v) is 1.83. The van der Waals surface area contributed by atoms with E-state index in [4.69, 9.17) is 11.6 Å². The SMILES string of the molecule is CC(C)CNc1cc(Cl)cc2cccnc12. The maximum absolute atomic E-state index is 6.07. The van der Waals surface area contributed by atoms with E-state index in [1.54, 1.807) is 6.20 Å². The Hall–Kier alpha value is -1.28. The summed E-state index contributed by atoms with van der Waals surface area (Å²) in [4.78, 5) is 4.38. The lowest BCUT2D eigenvalue weighted by Crippen LogP contribution is -2.08. The third-order valence-corrected chi connectivity index (χ3v) is 2.59. The van der Waals surface area contributed by atoms with Gasteiger partial charge in [-0.25, -0.2) is 0 Å². The van der Waals surface area contributed by atoms with Gasteiger partial charge >= 0.3 is 0 Å². The Labute approximate surface area is 101 Å². The van der Waals surface area contributed by atoms with Crippen LogP contribution in [-0.4, -0.2) is 11.5 Å². The summed E-state index contributed by atoms with van der Waals surface area (Å²) in [6.07, 6.45) is 1.80. The minimum Gasteiger partial charge on any atom is -0.383 e. The molecule has 0 aliphatic rings. The Kier molecular flexibility index (Phi) is 3.30. The molecular formula is C13H15ClN2. The average molecular weight is 235 g/mol. The van der Waals surface area contributed by atoms with Crippen LogP contribution >= 0.6 is 11.6 Å². The van der Waals surface area contributed by atoms with Crippen molar-refractivity contribution in [3.63, 3.8) is 0 Å². The number of nitrogens with one attached hydrogen (secondary N) is 1. The Bertz CT molecular complexity index is 494. The van der Waals surface area contributed by atoms with Crippen LogP contribution in [0, 0.1) is 5.92 Å². The number of benzene rings is 1. The van der Waals surface area contributed by atoms with Crippen LogP contribution < -0.4 is 5.32 Å². The molecular weight excluding hydrogens is 220 g/mol. The van der Waals surface area contributed by atoms with Gasteiger partial charge in [-0.3, -0.25) is 4.98 Å². The first-order chi connectivity index (χ1) is 7.66. The topological polar surface area (TPSA) is 24.9 Å². The van der Waals surface area contributed by atoms with Crippen LogP contribution in [0.5, 0.6) is 0 Å². The number of halogens is 1. The molecule has 0 aliphatic carbocycles. The minimum absolute atomic E-state index is 0.595. The van der Waals surface area contributed by atoms with Gasteiger partial charge in [-0.2, -0.15) is 0 Å². The molecule has 0 atom stereocenters. The number of aromatic nitrogens is 1. The first-order valence-corrected chi connectivity index (χ1v) is 5.83. The predicted molar refractivity (Wildman–Crippen MR) is 70.1 cm³/mol. The van der Waals surface area contributed by atoms with Crippen LogP contribution in [0.1, 0.15) is 13.8 Å². The quantitative estimate of drug-likeness (QED) is 0.870. The molecule has 2 rings (SSSR count). The second-order valence-corrected chi connectivity index (χ2v) is 4.74. The van der Waals surface area contributed by atoms with Gasteiger partial charge in [0.05, 0.1) is 11.2 Å². The fraction of sp³-hybridized carbons (Fsp3) is 0.308. The number of fused-ring (bicyclic) bond motifs is 1. The van der Waals surface area contributed by atoms with Crippen LogP contribution in [0.4, 0.5) is 5.69 Å². The number of rotatable bonds is 3. The summed E-state index contributed by atoms with van der Waals surface area (Å²) in [5.41, 5.74) is 1.99. The number of hydrogen-bond acceptors (Lipinski definition) is 2. The van der Waals surface area contributed by atoms with Crippen molar-refractivity contribution in [1.82, 2.24) is 4.98 Å². The maximum atomic E-state index is 6.07. The summed E-state index contributed by atoms with van der Waals surface area (Å²) in [7, 11) is 0.